The van der Waals surface area contributed by atoms with Gasteiger partial charge in [0.15, 0.2) is 0 Å². The van der Waals surface area contributed by atoms with Gasteiger partial charge in [0, 0.05) is 5.69 Å². The Balaban J connectivity index is 1.70. The quantitative estimate of drug-likeness (QED) is 0.673. The van der Waals surface area contributed by atoms with Crippen LogP contribution in [-0.4, -0.2) is 23.0 Å². The van der Waals surface area contributed by atoms with Crippen LogP contribution >= 0.6 is 0 Å². The third kappa shape index (κ3) is 4.56. The minimum atomic E-state index is -4.50. The molecule has 9 heteroatoms. The minimum Gasteiger partial charge on any atom is -0.497 e. The van der Waals surface area contributed by atoms with Crippen LogP contribution in [0.15, 0.2) is 60.9 Å². The van der Waals surface area contributed by atoms with E-state index in [1.54, 1.807) is 24.3 Å². The zero-order chi connectivity index (χ0) is 20.1. The van der Waals surface area contributed by atoms with Crippen LogP contribution in [0.3, 0.4) is 0 Å². The zero-order valence-electron chi connectivity index (χ0n) is 14.6. The lowest BCUT2D eigenvalue weighted by Crippen LogP contribution is -2.14. The van der Waals surface area contributed by atoms with Crippen molar-refractivity contribution < 1.29 is 22.7 Å². The van der Waals surface area contributed by atoms with Crippen LogP contribution in [0, 0.1) is 0 Å². The van der Waals surface area contributed by atoms with Gasteiger partial charge in [-0.2, -0.15) is 13.2 Å². The van der Waals surface area contributed by atoms with Crippen molar-refractivity contribution in [3.05, 3.63) is 72.2 Å². The Labute approximate surface area is 158 Å². The van der Waals surface area contributed by atoms with Gasteiger partial charge >= 0.3 is 6.18 Å². The number of ether oxygens (including phenoxy) is 1. The van der Waals surface area contributed by atoms with Crippen molar-refractivity contribution >= 4 is 23.1 Å². The van der Waals surface area contributed by atoms with Gasteiger partial charge in [0.2, 0.25) is 0 Å². The van der Waals surface area contributed by atoms with Crippen LogP contribution in [0.1, 0.15) is 16.1 Å². The molecule has 0 aliphatic carbocycles. The average molecular weight is 388 g/mol. The van der Waals surface area contributed by atoms with Crippen molar-refractivity contribution in [1.82, 2.24) is 9.97 Å². The number of alkyl halides is 3. The van der Waals surface area contributed by atoms with Crippen molar-refractivity contribution in [3.8, 4) is 5.75 Å². The number of benzene rings is 2. The number of nitrogens with one attached hydrogen (secondary N) is 2. The number of aromatic nitrogens is 2. The molecule has 28 heavy (non-hydrogen) atoms. The summed E-state index contributed by atoms with van der Waals surface area (Å²) in [7, 11) is 1.53. The summed E-state index contributed by atoms with van der Waals surface area (Å²) in [6, 6.07) is 11.7. The topological polar surface area (TPSA) is 76.1 Å². The van der Waals surface area contributed by atoms with Crippen LogP contribution in [0.25, 0.3) is 0 Å². The molecule has 0 aliphatic rings. The predicted octanol–water partition coefficient (Wildman–Crippen LogP) is 4.50. The smallest absolute Gasteiger partial charge is 0.418 e. The summed E-state index contributed by atoms with van der Waals surface area (Å²) >= 11 is 0. The van der Waals surface area contributed by atoms with E-state index in [1.165, 1.54) is 37.7 Å². The fourth-order valence-corrected chi connectivity index (χ4v) is 2.36. The Bertz CT molecular complexity index is 958. The highest BCUT2D eigenvalue weighted by Crippen LogP contribution is 2.35. The standard InChI is InChI=1S/C19H15F3N4O2/c1-28-13-8-6-12(7-9-13)25-18(27)16-10-24-17(11-23-16)26-15-5-3-2-4-14(15)19(20,21)22/h2-11H,1H3,(H,24,26)(H,25,27). The molecule has 3 rings (SSSR count). The molecule has 144 valence electrons. The maximum atomic E-state index is 13.0. The Hall–Kier alpha value is -3.62. The lowest BCUT2D eigenvalue weighted by Gasteiger charge is -2.13. The van der Waals surface area contributed by atoms with E-state index in [2.05, 4.69) is 20.6 Å². The summed E-state index contributed by atoms with van der Waals surface area (Å²) in [5.41, 5.74) is -0.419. The summed E-state index contributed by atoms with van der Waals surface area (Å²) < 4.78 is 44.2. The average Bonchev–Trinajstić information content (AvgIpc) is 2.69. The second-order valence-corrected chi connectivity index (χ2v) is 5.64. The molecule has 0 aliphatic heterocycles. The molecule has 6 nitrogen and oxygen atoms in total. The normalized spacial score (nSPS) is 11.0. The summed E-state index contributed by atoms with van der Waals surface area (Å²) in [6.07, 6.45) is -2.14. The van der Waals surface area contributed by atoms with E-state index < -0.39 is 17.6 Å². The van der Waals surface area contributed by atoms with Crippen molar-refractivity contribution in [2.45, 2.75) is 6.18 Å². The SMILES string of the molecule is COc1ccc(NC(=O)c2cnc(Nc3ccccc3C(F)(F)F)cn2)cc1. The molecule has 1 heterocycles. The molecule has 0 saturated heterocycles. The van der Waals surface area contributed by atoms with Crippen molar-refractivity contribution in [1.29, 1.82) is 0 Å². The molecule has 0 radical (unpaired) electrons. The molecule has 0 saturated carbocycles. The molecule has 0 atom stereocenters. The Kier molecular flexibility index (Phi) is 5.44. The van der Waals surface area contributed by atoms with Crippen molar-refractivity contribution in [2.24, 2.45) is 0 Å². The fourth-order valence-electron chi connectivity index (χ4n) is 2.36. The second kappa shape index (κ2) is 7.95. The first kappa shape index (κ1) is 19.2. The highest BCUT2D eigenvalue weighted by atomic mass is 19.4. The molecule has 0 fully saturated rings. The monoisotopic (exact) mass is 388 g/mol. The minimum absolute atomic E-state index is 0.0190. The zero-order valence-corrected chi connectivity index (χ0v) is 14.6. The summed E-state index contributed by atoms with van der Waals surface area (Å²) in [6.45, 7) is 0. The van der Waals surface area contributed by atoms with Gasteiger partial charge in [-0.3, -0.25) is 4.79 Å². The van der Waals surface area contributed by atoms with Gasteiger partial charge in [-0.1, -0.05) is 12.1 Å². The number of methoxy groups -OCH3 is 1. The summed E-state index contributed by atoms with van der Waals surface area (Å²) in [5, 5.41) is 5.21. The van der Waals surface area contributed by atoms with E-state index in [9.17, 15) is 18.0 Å². The van der Waals surface area contributed by atoms with Gasteiger partial charge in [-0.25, -0.2) is 9.97 Å². The molecule has 0 bridgehead atoms. The number of hydrogen-bond donors (Lipinski definition) is 2. The first-order valence-electron chi connectivity index (χ1n) is 8.07. The van der Waals surface area contributed by atoms with Crippen LogP contribution in [-0.2, 0) is 6.18 Å². The van der Waals surface area contributed by atoms with Gasteiger partial charge in [-0.15, -0.1) is 0 Å². The first-order valence-corrected chi connectivity index (χ1v) is 8.07. The molecular formula is C19H15F3N4O2. The van der Waals surface area contributed by atoms with Gasteiger partial charge in [0.1, 0.15) is 17.3 Å². The van der Waals surface area contributed by atoms with E-state index in [1.807, 2.05) is 0 Å². The largest absolute Gasteiger partial charge is 0.497 e. The number of nitrogens with zero attached hydrogens (tertiary/aromatic N) is 2. The van der Waals surface area contributed by atoms with Gasteiger partial charge in [0.25, 0.3) is 5.91 Å². The molecule has 0 spiro atoms. The molecule has 3 aromatic rings. The summed E-state index contributed by atoms with van der Waals surface area (Å²) in [5.74, 6) is 0.227. The molecule has 2 aromatic carbocycles. The number of amides is 1. The third-order valence-corrected chi connectivity index (χ3v) is 3.73. The molecular weight excluding hydrogens is 373 g/mol. The van der Waals surface area contributed by atoms with Crippen LogP contribution in [0.2, 0.25) is 0 Å². The Morgan fingerprint density at radius 2 is 1.71 bits per heavy atom. The fraction of sp³-hybridized carbons (Fsp3) is 0.105. The van der Waals surface area contributed by atoms with E-state index in [-0.39, 0.29) is 17.2 Å². The van der Waals surface area contributed by atoms with Gasteiger partial charge < -0.3 is 15.4 Å². The number of para-hydroxylation sites is 1. The summed E-state index contributed by atoms with van der Waals surface area (Å²) in [4.78, 5) is 20.1. The highest BCUT2D eigenvalue weighted by Gasteiger charge is 2.33. The number of rotatable bonds is 5. The lowest BCUT2D eigenvalue weighted by atomic mass is 10.1. The Morgan fingerprint density at radius 1 is 1.00 bits per heavy atom. The highest BCUT2D eigenvalue weighted by molar-refractivity contribution is 6.02. The second-order valence-electron chi connectivity index (χ2n) is 5.64. The number of hydrogen-bond acceptors (Lipinski definition) is 5. The molecule has 1 aromatic heterocycles. The molecule has 1 amide bonds. The third-order valence-electron chi connectivity index (χ3n) is 3.73. The number of carbonyl (C=O) groups is 1. The van der Waals surface area contributed by atoms with Crippen molar-refractivity contribution in [2.75, 3.05) is 17.7 Å². The van der Waals surface area contributed by atoms with E-state index in [4.69, 9.17) is 4.74 Å². The van der Waals surface area contributed by atoms with Crippen LogP contribution in [0.5, 0.6) is 5.75 Å². The van der Waals surface area contributed by atoms with Crippen LogP contribution in [0.4, 0.5) is 30.4 Å². The number of carbonyl (C=O) groups excluding carboxylic acids is 1. The molecule has 0 unspecified atom stereocenters. The number of anilines is 3. The van der Waals surface area contributed by atoms with Gasteiger partial charge in [0.05, 0.1) is 30.8 Å². The first-order chi connectivity index (χ1) is 13.4. The maximum absolute atomic E-state index is 13.0. The maximum Gasteiger partial charge on any atom is 0.418 e. The Morgan fingerprint density at radius 3 is 2.32 bits per heavy atom. The van der Waals surface area contributed by atoms with E-state index >= 15 is 0 Å². The van der Waals surface area contributed by atoms with E-state index in [0.717, 1.165) is 6.07 Å². The molecule has 2 N–H and O–H groups in total. The van der Waals surface area contributed by atoms with E-state index in [0.29, 0.717) is 11.4 Å². The van der Waals surface area contributed by atoms with Gasteiger partial charge in [-0.05, 0) is 36.4 Å². The van der Waals surface area contributed by atoms with Crippen LogP contribution < -0.4 is 15.4 Å². The number of halogens is 3. The lowest BCUT2D eigenvalue weighted by molar-refractivity contribution is -0.136. The van der Waals surface area contributed by atoms with Crippen molar-refractivity contribution in [3.63, 3.8) is 0 Å². The predicted molar refractivity (Wildman–Crippen MR) is 97.7 cm³/mol.